The molecule has 29 heavy (non-hydrogen) atoms. The minimum atomic E-state index is -0.285. The molecule has 0 saturated carbocycles. The Morgan fingerprint density at radius 2 is 1.79 bits per heavy atom. The van der Waals surface area contributed by atoms with E-state index < -0.39 is 0 Å². The molecule has 0 spiro atoms. The maximum Gasteiger partial charge on any atom is 0.323 e. The number of urea groups is 1. The average molecular weight is 386 g/mol. The van der Waals surface area contributed by atoms with Gasteiger partial charge in [-0.2, -0.15) is 0 Å². The molecule has 0 fully saturated rings. The van der Waals surface area contributed by atoms with Crippen LogP contribution in [0, 0.1) is 6.92 Å². The molecule has 0 aliphatic heterocycles. The zero-order chi connectivity index (χ0) is 20.4. The van der Waals surface area contributed by atoms with Gasteiger partial charge in [0.1, 0.15) is 5.52 Å². The predicted octanol–water partition coefficient (Wildman–Crippen LogP) is 5.59. The summed E-state index contributed by atoms with van der Waals surface area (Å²) in [4.78, 5) is 12.3. The molecule has 6 nitrogen and oxygen atoms in total. The molecule has 0 aliphatic carbocycles. The molecule has 1 heterocycles. The van der Waals surface area contributed by atoms with Crippen molar-refractivity contribution in [3.05, 3.63) is 71.8 Å². The van der Waals surface area contributed by atoms with E-state index >= 15 is 0 Å². The van der Waals surface area contributed by atoms with Gasteiger partial charge in [-0.05, 0) is 59.9 Å². The van der Waals surface area contributed by atoms with Gasteiger partial charge in [0.25, 0.3) is 0 Å². The third-order valence-electron chi connectivity index (χ3n) is 4.91. The van der Waals surface area contributed by atoms with Gasteiger partial charge in [-0.3, -0.25) is 0 Å². The molecule has 3 aromatic carbocycles. The van der Waals surface area contributed by atoms with E-state index in [1.165, 1.54) is 5.56 Å². The highest BCUT2D eigenvalue weighted by Gasteiger charge is 2.14. The molecule has 0 radical (unpaired) electrons. The lowest BCUT2D eigenvalue weighted by Crippen LogP contribution is -2.19. The number of nitrogen functional groups attached to an aromatic ring is 1. The van der Waals surface area contributed by atoms with Crippen LogP contribution < -0.4 is 16.4 Å². The summed E-state index contributed by atoms with van der Waals surface area (Å²) < 4.78 is 5.17. The van der Waals surface area contributed by atoms with Crippen LogP contribution in [0.2, 0.25) is 0 Å². The van der Waals surface area contributed by atoms with Gasteiger partial charge >= 0.3 is 6.03 Å². The number of aromatic nitrogens is 1. The number of fused-ring (bicyclic) bond motifs is 1. The Kier molecular flexibility index (Phi) is 4.91. The fraction of sp³-hybridized carbons (Fsp3) is 0.130. The van der Waals surface area contributed by atoms with Gasteiger partial charge in [0.2, 0.25) is 5.88 Å². The first-order chi connectivity index (χ1) is 14.0. The van der Waals surface area contributed by atoms with Crippen molar-refractivity contribution in [1.29, 1.82) is 0 Å². The topological polar surface area (TPSA) is 93.2 Å². The number of nitrogens with two attached hydrogens (primary N) is 1. The maximum atomic E-state index is 12.3. The van der Waals surface area contributed by atoms with Crippen molar-refractivity contribution in [3.63, 3.8) is 0 Å². The predicted molar refractivity (Wildman–Crippen MR) is 117 cm³/mol. The Balaban J connectivity index is 1.52. The van der Waals surface area contributed by atoms with E-state index in [-0.39, 0.29) is 6.03 Å². The van der Waals surface area contributed by atoms with Gasteiger partial charge < -0.3 is 20.9 Å². The molecule has 0 atom stereocenters. The first kappa shape index (κ1) is 18.6. The lowest BCUT2D eigenvalue weighted by atomic mass is 9.99. The van der Waals surface area contributed by atoms with Crippen LogP contribution in [-0.2, 0) is 6.42 Å². The second-order valence-electron chi connectivity index (χ2n) is 6.91. The van der Waals surface area contributed by atoms with Crippen LogP contribution in [0.3, 0.4) is 0 Å². The number of anilines is 3. The van der Waals surface area contributed by atoms with Crippen LogP contribution in [0.25, 0.3) is 22.0 Å². The Hall–Kier alpha value is -3.80. The van der Waals surface area contributed by atoms with Crippen molar-refractivity contribution < 1.29 is 9.32 Å². The third-order valence-corrected chi connectivity index (χ3v) is 4.91. The number of nitrogens with zero attached hydrogens (tertiary/aromatic N) is 1. The Labute approximate surface area is 168 Å². The van der Waals surface area contributed by atoms with Gasteiger partial charge in [0, 0.05) is 11.4 Å². The minimum absolute atomic E-state index is 0.285. The molecule has 4 N–H and O–H groups in total. The largest absolute Gasteiger partial charge is 0.367 e. The quantitative estimate of drug-likeness (QED) is 0.426. The highest BCUT2D eigenvalue weighted by Crippen LogP contribution is 2.34. The van der Waals surface area contributed by atoms with Crippen molar-refractivity contribution in [3.8, 4) is 11.1 Å². The van der Waals surface area contributed by atoms with Crippen LogP contribution >= 0.6 is 0 Å². The number of aryl methyl sites for hydroxylation is 2. The number of nitrogens with one attached hydrogen (secondary N) is 2. The SMILES string of the molecule is CCc1cccc(NC(=O)Nc2ccc(-c3ccc(C)c4noc(N)c34)cc2)c1. The lowest BCUT2D eigenvalue weighted by Gasteiger charge is -2.10. The second kappa shape index (κ2) is 7.67. The Morgan fingerprint density at radius 1 is 1.03 bits per heavy atom. The van der Waals surface area contributed by atoms with Crippen LogP contribution in [0.15, 0.2) is 65.2 Å². The highest BCUT2D eigenvalue weighted by atomic mass is 16.5. The fourth-order valence-corrected chi connectivity index (χ4v) is 3.34. The standard InChI is InChI=1S/C23H22N4O2/c1-3-15-5-4-6-18(13-15)26-23(28)25-17-10-8-16(9-11-17)19-12-7-14(2)21-20(19)22(24)29-27-21/h4-13H,3,24H2,1-2H3,(H2,25,26,28). The fourth-order valence-electron chi connectivity index (χ4n) is 3.34. The smallest absolute Gasteiger partial charge is 0.323 e. The number of amides is 2. The van der Waals surface area contributed by atoms with Crippen molar-refractivity contribution >= 4 is 34.2 Å². The summed E-state index contributed by atoms with van der Waals surface area (Å²) in [6, 6.07) is 19.1. The molecule has 0 unspecified atom stereocenters. The van der Waals surface area contributed by atoms with Crippen molar-refractivity contribution in [2.75, 3.05) is 16.4 Å². The lowest BCUT2D eigenvalue weighted by molar-refractivity contribution is 0.262. The molecule has 0 aliphatic rings. The molecule has 6 heteroatoms. The highest BCUT2D eigenvalue weighted by molar-refractivity contribution is 6.03. The van der Waals surface area contributed by atoms with Crippen LogP contribution in [0.5, 0.6) is 0 Å². The van der Waals surface area contributed by atoms with Crippen LogP contribution in [0.4, 0.5) is 22.1 Å². The van der Waals surface area contributed by atoms with E-state index in [1.807, 2.05) is 67.6 Å². The van der Waals surface area contributed by atoms with E-state index in [0.717, 1.165) is 39.7 Å². The normalized spacial score (nSPS) is 10.8. The zero-order valence-corrected chi connectivity index (χ0v) is 16.3. The maximum absolute atomic E-state index is 12.3. The summed E-state index contributed by atoms with van der Waals surface area (Å²) in [5.74, 6) is 0.301. The molecule has 0 saturated heterocycles. The second-order valence-corrected chi connectivity index (χ2v) is 6.91. The summed E-state index contributed by atoms with van der Waals surface area (Å²) in [5, 5.41) is 10.6. The van der Waals surface area contributed by atoms with Gasteiger partial charge in [-0.25, -0.2) is 4.79 Å². The van der Waals surface area contributed by atoms with Crippen LogP contribution in [0.1, 0.15) is 18.1 Å². The number of rotatable bonds is 4. The Morgan fingerprint density at radius 3 is 2.55 bits per heavy atom. The first-order valence-electron chi connectivity index (χ1n) is 9.47. The number of carbonyl (C=O) groups is 1. The van der Waals surface area contributed by atoms with E-state index in [1.54, 1.807) is 0 Å². The molecular weight excluding hydrogens is 364 g/mol. The Bertz CT molecular complexity index is 1180. The summed E-state index contributed by atoms with van der Waals surface area (Å²) in [7, 11) is 0. The van der Waals surface area contributed by atoms with Gasteiger partial charge in [0.05, 0.1) is 5.39 Å². The van der Waals surface area contributed by atoms with Gasteiger partial charge in [-0.15, -0.1) is 0 Å². The summed E-state index contributed by atoms with van der Waals surface area (Å²) in [5.41, 5.74) is 12.3. The summed E-state index contributed by atoms with van der Waals surface area (Å²) in [6.07, 6.45) is 0.918. The van der Waals surface area contributed by atoms with E-state index in [4.69, 9.17) is 10.3 Å². The van der Waals surface area contributed by atoms with Crippen molar-refractivity contribution in [2.45, 2.75) is 20.3 Å². The average Bonchev–Trinajstić information content (AvgIpc) is 3.12. The van der Waals surface area contributed by atoms with Gasteiger partial charge in [0.15, 0.2) is 0 Å². The van der Waals surface area contributed by atoms with Gasteiger partial charge in [-0.1, -0.05) is 48.5 Å². The summed E-state index contributed by atoms with van der Waals surface area (Å²) >= 11 is 0. The molecule has 1 aromatic heterocycles. The molecule has 146 valence electrons. The van der Waals surface area contributed by atoms with E-state index in [9.17, 15) is 4.79 Å². The number of benzene rings is 3. The molecule has 4 aromatic rings. The molecule has 2 amide bonds. The van der Waals surface area contributed by atoms with E-state index in [0.29, 0.717) is 11.6 Å². The molecular formula is C23H22N4O2. The number of hydrogen-bond donors (Lipinski definition) is 3. The summed E-state index contributed by atoms with van der Waals surface area (Å²) in [6.45, 7) is 4.05. The number of carbonyl (C=O) groups excluding carboxylic acids is 1. The van der Waals surface area contributed by atoms with Crippen molar-refractivity contribution in [1.82, 2.24) is 5.16 Å². The van der Waals surface area contributed by atoms with E-state index in [2.05, 4.69) is 22.7 Å². The zero-order valence-electron chi connectivity index (χ0n) is 16.3. The minimum Gasteiger partial charge on any atom is -0.367 e. The van der Waals surface area contributed by atoms with Crippen LogP contribution in [-0.4, -0.2) is 11.2 Å². The number of hydrogen-bond acceptors (Lipinski definition) is 4. The third kappa shape index (κ3) is 3.78. The van der Waals surface area contributed by atoms with Crippen molar-refractivity contribution in [2.24, 2.45) is 0 Å². The monoisotopic (exact) mass is 386 g/mol. The molecule has 0 bridgehead atoms. The molecule has 4 rings (SSSR count). The first-order valence-corrected chi connectivity index (χ1v) is 9.47.